The molecule has 2 heterocycles. The zero-order valence-electron chi connectivity index (χ0n) is 18.0. The minimum absolute atomic E-state index is 0.201. The lowest BCUT2D eigenvalue weighted by molar-refractivity contribution is -0.111. The molecule has 174 valence electrons. The highest BCUT2D eigenvalue weighted by Gasteiger charge is 2.19. The highest BCUT2D eigenvalue weighted by Crippen LogP contribution is 2.28. The number of rotatable bonds is 6. The van der Waals surface area contributed by atoms with Crippen molar-refractivity contribution in [3.8, 4) is 0 Å². The zero-order chi connectivity index (χ0) is 24.2. The second-order valence-electron chi connectivity index (χ2n) is 7.83. The molecule has 0 aliphatic carbocycles. The Morgan fingerprint density at radius 3 is 2.33 bits per heavy atom. The minimum atomic E-state index is -3.70. The number of thiophene rings is 1. The number of amides is 2. The molecule has 2 aromatic heterocycles. The zero-order valence-corrected chi connectivity index (χ0v) is 21.3. The van der Waals surface area contributed by atoms with Crippen molar-refractivity contribution in [2.75, 3.05) is 10.6 Å². The van der Waals surface area contributed by atoms with Crippen molar-refractivity contribution in [3.63, 3.8) is 0 Å². The van der Waals surface area contributed by atoms with Gasteiger partial charge in [-0.25, -0.2) is 8.77 Å². The molecule has 0 saturated heterocycles. The molecule has 0 aliphatic rings. The number of carbonyl (C=O) groups is 2. The lowest BCUT2D eigenvalue weighted by Gasteiger charge is -2.20. The quantitative estimate of drug-likeness (QED) is 0.390. The normalized spacial score (nSPS) is 12.0. The number of carbonyl (C=O) groups excluding carboxylic acids is 2. The molecule has 0 unspecified atom stereocenters. The molecule has 2 amide bonds. The maximum atomic E-state index is 12.7. The van der Waals surface area contributed by atoms with E-state index >= 15 is 0 Å². The second kappa shape index (κ2) is 9.94. The first-order valence-electron chi connectivity index (χ1n) is 9.71. The van der Waals surface area contributed by atoms with E-state index < -0.39 is 27.6 Å². The molecular weight excluding hydrogens is 530 g/mol. The molecule has 8 nitrogen and oxygen atoms in total. The Labute approximate surface area is 204 Å². The van der Waals surface area contributed by atoms with Crippen LogP contribution in [0.2, 0.25) is 0 Å². The van der Waals surface area contributed by atoms with Crippen LogP contribution in [0.25, 0.3) is 6.08 Å². The largest absolute Gasteiger partial charge is 0.444 e. The van der Waals surface area contributed by atoms with Gasteiger partial charge in [-0.2, -0.15) is 8.42 Å². The number of halogens is 1. The van der Waals surface area contributed by atoms with Gasteiger partial charge in [-0.1, -0.05) is 12.1 Å². The van der Waals surface area contributed by atoms with Gasteiger partial charge in [0.25, 0.3) is 10.0 Å². The van der Waals surface area contributed by atoms with Crippen LogP contribution in [0, 0.1) is 0 Å². The Morgan fingerprint density at radius 2 is 1.73 bits per heavy atom. The standard InChI is InChI=1S/C22H22BrN3O5S2/c1-22(2,3)31-21(28)25-17-7-5-4-6-16(17)24-19(27)10-8-15-12-13-26(14-15)33(29,30)20-11-9-18(23)32-20/h4-14H,1-3H3,(H,24,27)(H,25,28). The number of ether oxygens (including phenoxy) is 1. The number of aromatic nitrogens is 1. The molecule has 1 aromatic carbocycles. The van der Waals surface area contributed by atoms with Crippen molar-refractivity contribution in [2.24, 2.45) is 0 Å². The smallest absolute Gasteiger partial charge is 0.412 e. The number of anilines is 2. The Balaban J connectivity index is 1.68. The minimum Gasteiger partial charge on any atom is -0.444 e. The van der Waals surface area contributed by atoms with Gasteiger partial charge in [-0.15, -0.1) is 11.3 Å². The molecule has 0 aliphatic heterocycles. The van der Waals surface area contributed by atoms with E-state index in [1.807, 2.05) is 0 Å². The summed E-state index contributed by atoms with van der Waals surface area (Å²) in [6.07, 6.45) is 4.97. The van der Waals surface area contributed by atoms with E-state index in [2.05, 4.69) is 26.6 Å². The summed E-state index contributed by atoms with van der Waals surface area (Å²) in [5.74, 6) is -0.453. The Hall–Kier alpha value is -2.89. The summed E-state index contributed by atoms with van der Waals surface area (Å²) in [4.78, 5) is 24.5. The van der Waals surface area contributed by atoms with E-state index in [1.54, 1.807) is 57.2 Å². The number of nitrogens with one attached hydrogen (secondary N) is 2. The number of hydrogen-bond donors (Lipinski definition) is 2. The summed E-state index contributed by atoms with van der Waals surface area (Å²) in [7, 11) is -3.70. The molecule has 0 saturated carbocycles. The van der Waals surface area contributed by atoms with Crippen molar-refractivity contribution in [1.29, 1.82) is 0 Å². The van der Waals surface area contributed by atoms with Crippen molar-refractivity contribution < 1.29 is 22.7 Å². The molecule has 0 bridgehead atoms. The predicted molar refractivity (Wildman–Crippen MR) is 133 cm³/mol. The fourth-order valence-corrected chi connectivity index (χ4v) is 5.96. The van der Waals surface area contributed by atoms with Crippen LogP contribution in [0.3, 0.4) is 0 Å². The molecule has 0 atom stereocenters. The van der Waals surface area contributed by atoms with Gasteiger partial charge in [0.2, 0.25) is 5.91 Å². The first-order chi connectivity index (χ1) is 15.4. The summed E-state index contributed by atoms with van der Waals surface area (Å²) in [5.41, 5.74) is 0.647. The summed E-state index contributed by atoms with van der Waals surface area (Å²) in [6, 6.07) is 11.5. The maximum Gasteiger partial charge on any atom is 0.412 e. The van der Waals surface area contributed by atoms with Gasteiger partial charge in [0.15, 0.2) is 0 Å². The van der Waals surface area contributed by atoms with Crippen LogP contribution in [0.15, 0.2) is 68.9 Å². The fourth-order valence-electron chi connectivity index (χ4n) is 2.64. The Kier molecular flexibility index (Phi) is 7.45. The van der Waals surface area contributed by atoms with Crippen molar-refractivity contribution in [1.82, 2.24) is 3.97 Å². The first kappa shape index (κ1) is 24.7. The summed E-state index contributed by atoms with van der Waals surface area (Å²) >= 11 is 4.37. The van der Waals surface area contributed by atoms with Crippen LogP contribution in [0.4, 0.5) is 16.2 Å². The predicted octanol–water partition coefficient (Wildman–Crippen LogP) is 5.55. The molecule has 0 radical (unpaired) electrons. The molecule has 0 fully saturated rings. The van der Waals surface area contributed by atoms with E-state index in [1.165, 1.54) is 30.6 Å². The van der Waals surface area contributed by atoms with Gasteiger partial charge in [-0.3, -0.25) is 10.1 Å². The van der Waals surface area contributed by atoms with E-state index in [9.17, 15) is 18.0 Å². The molecule has 3 aromatic rings. The summed E-state index contributed by atoms with van der Waals surface area (Å²) in [6.45, 7) is 5.26. The molecule has 2 N–H and O–H groups in total. The van der Waals surface area contributed by atoms with Gasteiger partial charge in [-0.05, 0) is 78.7 Å². The van der Waals surface area contributed by atoms with Crippen LogP contribution < -0.4 is 10.6 Å². The second-order valence-corrected chi connectivity index (χ2v) is 12.4. The monoisotopic (exact) mass is 551 g/mol. The lowest BCUT2D eigenvalue weighted by atomic mass is 10.2. The highest BCUT2D eigenvalue weighted by atomic mass is 79.9. The van der Waals surface area contributed by atoms with Gasteiger partial charge in [0.05, 0.1) is 15.2 Å². The van der Waals surface area contributed by atoms with Gasteiger partial charge in [0.1, 0.15) is 9.81 Å². The number of hydrogen-bond acceptors (Lipinski definition) is 6. The summed E-state index contributed by atoms with van der Waals surface area (Å²) in [5, 5.41) is 5.30. The Bertz CT molecular complexity index is 1300. The van der Waals surface area contributed by atoms with Crippen LogP contribution in [-0.4, -0.2) is 30.0 Å². The van der Waals surface area contributed by atoms with E-state index in [0.717, 1.165) is 15.3 Å². The molecule has 0 spiro atoms. The molecule has 3 rings (SSSR count). The third kappa shape index (κ3) is 6.80. The van der Waals surface area contributed by atoms with E-state index in [0.29, 0.717) is 20.7 Å². The topological polar surface area (TPSA) is 106 Å². The van der Waals surface area contributed by atoms with Crippen LogP contribution in [-0.2, 0) is 19.6 Å². The van der Waals surface area contributed by atoms with Crippen LogP contribution >= 0.6 is 27.3 Å². The van der Waals surface area contributed by atoms with Crippen LogP contribution in [0.1, 0.15) is 26.3 Å². The van der Waals surface area contributed by atoms with Gasteiger partial charge in [0, 0.05) is 18.5 Å². The number of benzene rings is 1. The molecule has 11 heteroatoms. The first-order valence-corrected chi connectivity index (χ1v) is 12.8. The van der Waals surface area contributed by atoms with Crippen molar-refractivity contribution in [2.45, 2.75) is 30.6 Å². The van der Waals surface area contributed by atoms with Gasteiger partial charge >= 0.3 is 6.09 Å². The molecular formula is C22H22BrN3O5S2. The number of para-hydroxylation sites is 2. The third-order valence-electron chi connectivity index (χ3n) is 4.02. The lowest BCUT2D eigenvalue weighted by Crippen LogP contribution is -2.27. The fraction of sp³-hybridized carbons (Fsp3) is 0.182. The summed E-state index contributed by atoms with van der Waals surface area (Å²) < 4.78 is 32.6. The highest BCUT2D eigenvalue weighted by molar-refractivity contribution is 9.11. The van der Waals surface area contributed by atoms with Crippen LogP contribution in [0.5, 0.6) is 0 Å². The SMILES string of the molecule is CC(C)(C)OC(=O)Nc1ccccc1NC(=O)C=Cc1ccn(S(=O)(=O)c2ccc(Br)s2)c1. The van der Waals surface area contributed by atoms with Crippen molar-refractivity contribution in [3.05, 3.63) is 70.3 Å². The van der Waals surface area contributed by atoms with E-state index in [4.69, 9.17) is 4.74 Å². The Morgan fingerprint density at radius 1 is 1.06 bits per heavy atom. The maximum absolute atomic E-state index is 12.7. The average molecular weight is 552 g/mol. The number of nitrogens with zero attached hydrogens (tertiary/aromatic N) is 1. The molecule has 33 heavy (non-hydrogen) atoms. The van der Waals surface area contributed by atoms with Gasteiger partial charge < -0.3 is 10.1 Å². The van der Waals surface area contributed by atoms with E-state index in [-0.39, 0.29) is 4.21 Å². The third-order valence-corrected chi connectivity index (χ3v) is 7.75. The average Bonchev–Trinajstić information content (AvgIpc) is 3.36. The van der Waals surface area contributed by atoms with Crippen molar-refractivity contribution >= 4 is 66.7 Å².